The average molecular weight is 191 g/mol. The predicted octanol–water partition coefficient (Wildman–Crippen LogP) is 1.99. The minimum Gasteiger partial charge on any atom is -0.300 e. The fourth-order valence-electron chi connectivity index (χ4n) is 1.31. The summed E-state index contributed by atoms with van der Waals surface area (Å²) in [6.07, 6.45) is 0. The molecule has 2 atom stereocenters. The van der Waals surface area contributed by atoms with E-state index in [9.17, 15) is 4.79 Å². The number of carbonyl (C=O) groups is 1. The molecule has 0 bridgehead atoms. The second-order valence-corrected chi connectivity index (χ2v) is 4.30. The Bertz CT molecular complexity index is 151. The van der Waals surface area contributed by atoms with E-state index in [1.54, 1.807) is 6.92 Å². The highest BCUT2D eigenvalue weighted by molar-refractivity contribution is 9.09. The topological polar surface area (TPSA) is 17.1 Å². The van der Waals surface area contributed by atoms with Gasteiger partial charge in [0.05, 0.1) is 0 Å². The fourth-order valence-corrected chi connectivity index (χ4v) is 2.49. The van der Waals surface area contributed by atoms with Gasteiger partial charge in [0.1, 0.15) is 5.78 Å². The molecule has 0 saturated heterocycles. The lowest BCUT2D eigenvalue weighted by Gasteiger charge is -1.95. The van der Waals surface area contributed by atoms with Crippen LogP contribution in [-0.4, -0.2) is 10.6 Å². The van der Waals surface area contributed by atoms with Gasteiger partial charge >= 0.3 is 0 Å². The lowest BCUT2D eigenvalue weighted by atomic mass is 10.1. The van der Waals surface area contributed by atoms with Crippen LogP contribution in [0.3, 0.4) is 0 Å². The van der Waals surface area contributed by atoms with Gasteiger partial charge in [0.2, 0.25) is 0 Å². The van der Waals surface area contributed by atoms with Crippen LogP contribution in [-0.2, 0) is 4.79 Å². The fraction of sp³-hybridized carbons (Fsp3) is 0.857. The lowest BCUT2D eigenvalue weighted by molar-refractivity contribution is -0.118. The first-order valence-electron chi connectivity index (χ1n) is 3.12. The molecule has 0 unspecified atom stereocenters. The SMILES string of the molecule is CC(=O)[C@@H]1[C@H](Br)C1(C)C. The summed E-state index contributed by atoms with van der Waals surface area (Å²) in [7, 11) is 0. The summed E-state index contributed by atoms with van der Waals surface area (Å²) in [5, 5.41) is 0. The van der Waals surface area contributed by atoms with Crippen molar-refractivity contribution in [2.45, 2.75) is 25.6 Å². The monoisotopic (exact) mass is 190 g/mol. The highest BCUT2D eigenvalue weighted by atomic mass is 79.9. The summed E-state index contributed by atoms with van der Waals surface area (Å²) < 4.78 is 0. The van der Waals surface area contributed by atoms with Crippen molar-refractivity contribution >= 4 is 21.7 Å². The normalized spacial score (nSPS) is 38.2. The number of Topliss-reactive ketones (excluding diaryl/α,β-unsaturated/α-hetero) is 1. The van der Waals surface area contributed by atoms with E-state index in [-0.39, 0.29) is 11.3 Å². The lowest BCUT2D eigenvalue weighted by Crippen LogP contribution is -1.99. The minimum atomic E-state index is 0.214. The maximum Gasteiger partial charge on any atom is 0.134 e. The highest BCUT2D eigenvalue weighted by Gasteiger charge is 2.58. The third-order valence-electron chi connectivity index (χ3n) is 2.13. The molecule has 1 aliphatic carbocycles. The molecule has 1 nitrogen and oxygen atoms in total. The van der Waals surface area contributed by atoms with Crippen LogP contribution >= 0.6 is 15.9 Å². The van der Waals surface area contributed by atoms with Crippen molar-refractivity contribution in [1.82, 2.24) is 0 Å². The van der Waals surface area contributed by atoms with Gasteiger partial charge in [-0.25, -0.2) is 0 Å². The summed E-state index contributed by atoms with van der Waals surface area (Å²) >= 11 is 3.45. The minimum absolute atomic E-state index is 0.214. The number of rotatable bonds is 1. The van der Waals surface area contributed by atoms with Gasteiger partial charge in [-0.1, -0.05) is 29.8 Å². The summed E-state index contributed by atoms with van der Waals surface area (Å²) in [5.41, 5.74) is 0.214. The van der Waals surface area contributed by atoms with E-state index >= 15 is 0 Å². The van der Waals surface area contributed by atoms with Crippen molar-refractivity contribution in [2.24, 2.45) is 11.3 Å². The number of alkyl halides is 1. The predicted molar refractivity (Wildman–Crippen MR) is 40.7 cm³/mol. The zero-order valence-corrected chi connectivity index (χ0v) is 7.53. The van der Waals surface area contributed by atoms with E-state index in [4.69, 9.17) is 0 Å². The molecule has 0 N–H and O–H groups in total. The maximum absolute atomic E-state index is 10.8. The quantitative estimate of drug-likeness (QED) is 0.579. The van der Waals surface area contributed by atoms with Crippen LogP contribution < -0.4 is 0 Å². The second-order valence-electron chi connectivity index (χ2n) is 3.31. The molecular formula is C7H11BrO. The van der Waals surface area contributed by atoms with Gasteiger partial charge in [-0.05, 0) is 12.3 Å². The number of halogens is 1. The Morgan fingerprint density at radius 1 is 1.56 bits per heavy atom. The summed E-state index contributed by atoms with van der Waals surface area (Å²) in [5.74, 6) is 0.569. The first-order valence-corrected chi connectivity index (χ1v) is 4.04. The van der Waals surface area contributed by atoms with Crippen molar-refractivity contribution in [3.05, 3.63) is 0 Å². The van der Waals surface area contributed by atoms with Gasteiger partial charge in [-0.2, -0.15) is 0 Å². The molecule has 0 aliphatic heterocycles. The number of hydrogen-bond acceptors (Lipinski definition) is 1. The van der Waals surface area contributed by atoms with E-state index in [0.717, 1.165) is 0 Å². The Balaban J connectivity index is 2.62. The Hall–Kier alpha value is 0.150. The third-order valence-corrected chi connectivity index (χ3v) is 3.84. The Labute approximate surface area is 64.0 Å². The Morgan fingerprint density at radius 3 is 1.89 bits per heavy atom. The standard InChI is InChI=1S/C7H11BrO/c1-4(9)5-6(8)7(5,2)3/h5-6H,1-3H3/t5-,6+/m1/s1. The van der Waals surface area contributed by atoms with Crippen LogP contribution in [0.2, 0.25) is 0 Å². The van der Waals surface area contributed by atoms with E-state index in [1.165, 1.54) is 0 Å². The van der Waals surface area contributed by atoms with E-state index < -0.39 is 0 Å². The number of ketones is 1. The van der Waals surface area contributed by atoms with E-state index in [0.29, 0.717) is 10.6 Å². The molecule has 0 spiro atoms. The van der Waals surface area contributed by atoms with Crippen LogP contribution in [0.4, 0.5) is 0 Å². The van der Waals surface area contributed by atoms with Crippen molar-refractivity contribution in [2.75, 3.05) is 0 Å². The van der Waals surface area contributed by atoms with Gasteiger partial charge in [-0.3, -0.25) is 4.79 Å². The summed E-state index contributed by atoms with van der Waals surface area (Å²) in [6, 6.07) is 0. The van der Waals surface area contributed by atoms with Crippen molar-refractivity contribution in [1.29, 1.82) is 0 Å². The van der Waals surface area contributed by atoms with Crippen molar-refractivity contribution in [3.63, 3.8) is 0 Å². The van der Waals surface area contributed by atoms with E-state index in [1.807, 2.05) is 0 Å². The number of hydrogen-bond donors (Lipinski definition) is 0. The Morgan fingerprint density at radius 2 is 1.89 bits per heavy atom. The van der Waals surface area contributed by atoms with Crippen LogP contribution in [0, 0.1) is 11.3 Å². The Kier molecular flexibility index (Phi) is 1.46. The number of carbonyl (C=O) groups excluding carboxylic acids is 1. The summed E-state index contributed by atoms with van der Waals surface area (Å²) in [4.78, 5) is 11.2. The molecule has 1 saturated carbocycles. The van der Waals surface area contributed by atoms with Gasteiger partial charge in [0.25, 0.3) is 0 Å². The maximum atomic E-state index is 10.8. The van der Waals surface area contributed by atoms with Gasteiger partial charge in [0, 0.05) is 10.7 Å². The molecule has 9 heavy (non-hydrogen) atoms. The first kappa shape index (κ1) is 7.26. The molecule has 52 valence electrons. The van der Waals surface area contributed by atoms with Crippen LogP contribution in [0.15, 0.2) is 0 Å². The molecule has 0 aromatic rings. The molecule has 1 aliphatic rings. The third kappa shape index (κ3) is 0.936. The molecule has 0 amide bonds. The molecule has 2 heteroatoms. The molecule has 0 heterocycles. The first-order chi connectivity index (χ1) is 3.98. The molecule has 1 fully saturated rings. The van der Waals surface area contributed by atoms with E-state index in [2.05, 4.69) is 29.8 Å². The average Bonchev–Trinajstić information content (AvgIpc) is 2.07. The smallest absolute Gasteiger partial charge is 0.134 e. The molecule has 0 aromatic heterocycles. The second kappa shape index (κ2) is 1.82. The zero-order chi connectivity index (χ0) is 7.23. The highest BCUT2D eigenvalue weighted by Crippen LogP contribution is 2.57. The van der Waals surface area contributed by atoms with Crippen LogP contribution in [0.25, 0.3) is 0 Å². The molecule has 1 rings (SSSR count). The van der Waals surface area contributed by atoms with Crippen LogP contribution in [0.5, 0.6) is 0 Å². The molecule has 0 radical (unpaired) electrons. The molecule has 0 aromatic carbocycles. The van der Waals surface area contributed by atoms with Gasteiger partial charge in [-0.15, -0.1) is 0 Å². The zero-order valence-electron chi connectivity index (χ0n) is 5.94. The van der Waals surface area contributed by atoms with Gasteiger partial charge < -0.3 is 0 Å². The molecular weight excluding hydrogens is 180 g/mol. The largest absolute Gasteiger partial charge is 0.300 e. The van der Waals surface area contributed by atoms with Crippen molar-refractivity contribution < 1.29 is 4.79 Å². The van der Waals surface area contributed by atoms with Crippen molar-refractivity contribution in [3.8, 4) is 0 Å². The summed E-state index contributed by atoms with van der Waals surface area (Å²) in [6.45, 7) is 5.88. The van der Waals surface area contributed by atoms with Gasteiger partial charge in [0.15, 0.2) is 0 Å². The van der Waals surface area contributed by atoms with Crippen LogP contribution in [0.1, 0.15) is 20.8 Å².